The first-order chi connectivity index (χ1) is 15.7. The van der Waals surface area contributed by atoms with Gasteiger partial charge in [0.25, 0.3) is 5.56 Å². The van der Waals surface area contributed by atoms with E-state index in [1.54, 1.807) is 24.3 Å². The maximum atomic E-state index is 12.9. The molecule has 1 amide bonds. The number of anilines is 1. The number of thioether (sulfide) groups is 1. The Labute approximate surface area is 203 Å². The molecule has 0 fully saturated rings. The number of carbonyl (C=O) groups excluding carboxylic acids is 1. The summed E-state index contributed by atoms with van der Waals surface area (Å²) in [6, 6.07) is 14.6. The molecule has 33 heavy (non-hydrogen) atoms. The van der Waals surface area contributed by atoms with Crippen LogP contribution < -0.4 is 16.6 Å². The Morgan fingerprint density at radius 2 is 1.70 bits per heavy atom. The van der Waals surface area contributed by atoms with E-state index < -0.39 is 17.1 Å². The maximum absolute atomic E-state index is 12.9. The highest BCUT2D eigenvalue weighted by Gasteiger charge is 2.22. The van der Waals surface area contributed by atoms with Crippen molar-refractivity contribution in [2.45, 2.75) is 13.3 Å². The zero-order valence-corrected chi connectivity index (χ0v) is 20.7. The Morgan fingerprint density at radius 3 is 2.30 bits per heavy atom. The minimum absolute atomic E-state index is 0.0621. The smallest absolute Gasteiger partial charge is 0.333 e. The van der Waals surface area contributed by atoms with E-state index in [4.69, 9.17) is 0 Å². The summed E-state index contributed by atoms with van der Waals surface area (Å²) in [4.78, 5) is 42.1. The van der Waals surface area contributed by atoms with Crippen LogP contribution >= 0.6 is 27.7 Å². The second-order valence-corrected chi connectivity index (χ2v) is 9.06. The molecule has 172 valence electrons. The lowest BCUT2D eigenvalue weighted by molar-refractivity contribution is -0.113. The SMILES string of the molecule is CCc1ccc(N=C(SCC(=O)Nc2ccc(Br)cc2)c2c(O)n(C)c(=O)n(C)c2=O)cc1. The Morgan fingerprint density at radius 1 is 1.06 bits per heavy atom. The number of benzene rings is 2. The van der Waals surface area contributed by atoms with Gasteiger partial charge in [-0.15, -0.1) is 0 Å². The molecule has 1 heterocycles. The monoisotopic (exact) mass is 530 g/mol. The van der Waals surface area contributed by atoms with Gasteiger partial charge in [0.05, 0.1) is 11.4 Å². The zero-order valence-electron chi connectivity index (χ0n) is 18.3. The molecule has 2 aromatic carbocycles. The van der Waals surface area contributed by atoms with Crippen molar-refractivity contribution in [3.05, 3.63) is 85.0 Å². The summed E-state index contributed by atoms with van der Waals surface area (Å²) < 4.78 is 2.75. The molecule has 3 rings (SSSR count). The van der Waals surface area contributed by atoms with Gasteiger partial charge in [-0.3, -0.25) is 18.7 Å². The average molecular weight is 531 g/mol. The van der Waals surface area contributed by atoms with Crippen LogP contribution in [0.15, 0.2) is 67.6 Å². The van der Waals surface area contributed by atoms with Gasteiger partial charge >= 0.3 is 5.69 Å². The Kier molecular flexibility index (Phi) is 7.93. The topological polar surface area (TPSA) is 106 Å². The van der Waals surface area contributed by atoms with E-state index in [0.717, 1.165) is 37.4 Å². The summed E-state index contributed by atoms with van der Waals surface area (Å²) in [5.74, 6) is -0.877. The molecule has 3 aromatic rings. The predicted octanol–water partition coefficient (Wildman–Crippen LogP) is 3.56. The molecule has 0 spiro atoms. The van der Waals surface area contributed by atoms with Crippen LogP contribution in [0.3, 0.4) is 0 Å². The second kappa shape index (κ2) is 10.7. The lowest BCUT2D eigenvalue weighted by Crippen LogP contribution is -2.39. The first kappa shape index (κ1) is 24.5. The van der Waals surface area contributed by atoms with Crippen LogP contribution in [0.25, 0.3) is 0 Å². The quantitative estimate of drug-likeness (QED) is 0.374. The third-order valence-electron chi connectivity index (χ3n) is 4.89. The van der Waals surface area contributed by atoms with E-state index in [9.17, 15) is 19.5 Å². The number of halogens is 1. The molecular formula is C23H23BrN4O4S. The van der Waals surface area contributed by atoms with Crippen LogP contribution in [0.2, 0.25) is 0 Å². The molecule has 1 aromatic heterocycles. The normalized spacial score (nSPS) is 11.5. The van der Waals surface area contributed by atoms with Gasteiger partial charge in [0, 0.05) is 24.3 Å². The van der Waals surface area contributed by atoms with Gasteiger partial charge in [-0.05, 0) is 48.4 Å². The molecule has 2 N–H and O–H groups in total. The van der Waals surface area contributed by atoms with Gasteiger partial charge in [-0.1, -0.05) is 46.7 Å². The van der Waals surface area contributed by atoms with Crippen molar-refractivity contribution in [2.24, 2.45) is 19.1 Å². The fourth-order valence-electron chi connectivity index (χ4n) is 2.97. The number of nitrogens with zero attached hydrogens (tertiary/aromatic N) is 3. The van der Waals surface area contributed by atoms with Crippen LogP contribution in [0.5, 0.6) is 5.88 Å². The van der Waals surface area contributed by atoms with Gasteiger partial charge < -0.3 is 10.4 Å². The standard InChI is InChI=1S/C23H23BrN4O4S/c1-4-14-5-9-17(10-6-14)26-20(19-21(30)27(2)23(32)28(3)22(19)31)33-13-18(29)25-16-11-7-15(24)8-12-16/h5-12,30H,4,13H2,1-3H3,(H,25,29). The number of aliphatic imine (C=N–C) groups is 1. The minimum Gasteiger partial charge on any atom is -0.494 e. The Balaban J connectivity index is 1.97. The van der Waals surface area contributed by atoms with E-state index in [-0.39, 0.29) is 22.3 Å². The van der Waals surface area contributed by atoms with Crippen molar-refractivity contribution in [3.63, 3.8) is 0 Å². The van der Waals surface area contributed by atoms with E-state index in [0.29, 0.717) is 11.4 Å². The number of aryl methyl sites for hydroxylation is 1. The number of aromatic nitrogens is 2. The third kappa shape index (κ3) is 5.82. The summed E-state index contributed by atoms with van der Waals surface area (Å²) in [6.45, 7) is 2.04. The Bertz CT molecular complexity index is 1310. The predicted molar refractivity (Wildman–Crippen MR) is 136 cm³/mol. The number of hydrogen-bond acceptors (Lipinski definition) is 6. The number of amides is 1. The summed E-state index contributed by atoms with van der Waals surface area (Å²) in [7, 11) is 2.69. The molecule has 0 aliphatic heterocycles. The van der Waals surface area contributed by atoms with Gasteiger partial charge in [-0.25, -0.2) is 9.79 Å². The number of nitrogens with one attached hydrogen (secondary N) is 1. The highest BCUT2D eigenvalue weighted by Crippen LogP contribution is 2.24. The number of carbonyl (C=O) groups is 1. The Hall–Kier alpha value is -3.11. The molecule has 10 heteroatoms. The highest BCUT2D eigenvalue weighted by molar-refractivity contribution is 9.10. The van der Waals surface area contributed by atoms with Crippen molar-refractivity contribution in [2.75, 3.05) is 11.1 Å². The third-order valence-corrected chi connectivity index (χ3v) is 6.39. The molecule has 0 aliphatic carbocycles. The molecule has 0 saturated heterocycles. The minimum atomic E-state index is -0.694. The molecule has 0 radical (unpaired) electrons. The van der Waals surface area contributed by atoms with Crippen LogP contribution in [0.4, 0.5) is 11.4 Å². The number of hydrogen-bond donors (Lipinski definition) is 2. The van der Waals surface area contributed by atoms with Gasteiger partial charge in [0.2, 0.25) is 11.8 Å². The molecule has 0 bridgehead atoms. The summed E-state index contributed by atoms with van der Waals surface area (Å²) >= 11 is 4.35. The molecule has 0 saturated carbocycles. The van der Waals surface area contributed by atoms with Crippen LogP contribution in [-0.2, 0) is 25.3 Å². The maximum Gasteiger partial charge on any atom is 0.333 e. The van der Waals surface area contributed by atoms with Crippen molar-refractivity contribution in [1.82, 2.24) is 9.13 Å². The molecule has 8 nitrogen and oxygen atoms in total. The van der Waals surface area contributed by atoms with Crippen molar-refractivity contribution >= 4 is 50.0 Å². The second-order valence-electron chi connectivity index (χ2n) is 7.19. The van der Waals surface area contributed by atoms with Gasteiger partial charge in [-0.2, -0.15) is 0 Å². The molecule has 0 atom stereocenters. The van der Waals surface area contributed by atoms with Crippen molar-refractivity contribution in [3.8, 4) is 5.88 Å². The van der Waals surface area contributed by atoms with E-state index in [1.165, 1.54) is 14.1 Å². The lowest BCUT2D eigenvalue weighted by atomic mass is 10.1. The van der Waals surface area contributed by atoms with Crippen LogP contribution in [0, 0.1) is 0 Å². The first-order valence-electron chi connectivity index (χ1n) is 10.1. The average Bonchev–Trinajstić information content (AvgIpc) is 2.82. The lowest BCUT2D eigenvalue weighted by Gasteiger charge is -2.12. The van der Waals surface area contributed by atoms with E-state index in [1.807, 2.05) is 31.2 Å². The molecule has 0 unspecified atom stereocenters. The van der Waals surface area contributed by atoms with Gasteiger partial charge in [0.15, 0.2) is 0 Å². The fourth-order valence-corrected chi connectivity index (χ4v) is 4.07. The van der Waals surface area contributed by atoms with Crippen LogP contribution in [0.1, 0.15) is 18.1 Å². The van der Waals surface area contributed by atoms with Crippen molar-refractivity contribution in [1.29, 1.82) is 0 Å². The van der Waals surface area contributed by atoms with Crippen LogP contribution in [-0.4, -0.2) is 30.9 Å². The zero-order chi connectivity index (χ0) is 24.1. The molecule has 0 aliphatic rings. The van der Waals surface area contributed by atoms with Gasteiger partial charge in [0.1, 0.15) is 10.6 Å². The molecular weight excluding hydrogens is 508 g/mol. The van der Waals surface area contributed by atoms with Crippen molar-refractivity contribution < 1.29 is 9.90 Å². The van der Waals surface area contributed by atoms with E-state index in [2.05, 4.69) is 26.2 Å². The van der Waals surface area contributed by atoms with E-state index >= 15 is 0 Å². The summed E-state index contributed by atoms with van der Waals surface area (Å²) in [6.07, 6.45) is 0.865. The number of aromatic hydroxyl groups is 1. The fraction of sp³-hybridized carbons (Fsp3) is 0.217. The first-order valence-corrected chi connectivity index (χ1v) is 11.8. The summed E-state index contributed by atoms with van der Waals surface area (Å²) in [5, 5.41) is 13.5. The largest absolute Gasteiger partial charge is 0.494 e. The number of rotatable bonds is 6. The highest BCUT2D eigenvalue weighted by atomic mass is 79.9. The summed E-state index contributed by atoms with van der Waals surface area (Å²) in [5.41, 5.74) is 0.807.